The smallest absolute Gasteiger partial charge is 0.258 e. The molecule has 5 rings (SSSR count). The van der Waals surface area contributed by atoms with Crippen molar-refractivity contribution in [2.24, 2.45) is 0 Å². The van der Waals surface area contributed by atoms with E-state index in [0.29, 0.717) is 17.9 Å². The van der Waals surface area contributed by atoms with Crippen molar-refractivity contribution < 1.29 is 9.64 Å². The number of tetrazole rings is 1. The number of methoxy groups -OCH3 is 1. The van der Waals surface area contributed by atoms with Crippen molar-refractivity contribution in [3.8, 4) is 5.75 Å². The topological polar surface area (TPSA) is 90.1 Å². The average molecular weight is 446 g/mol. The van der Waals surface area contributed by atoms with Crippen molar-refractivity contribution in [2.45, 2.75) is 38.3 Å². The van der Waals surface area contributed by atoms with Gasteiger partial charge in [-0.15, -0.1) is 5.10 Å². The summed E-state index contributed by atoms with van der Waals surface area (Å²) in [4.78, 5) is 17.8. The molecule has 1 fully saturated rings. The number of hydrogen-bond donors (Lipinski definition) is 2. The summed E-state index contributed by atoms with van der Waals surface area (Å²) in [5.74, 6) is 1.45. The molecule has 2 aromatic heterocycles. The molecule has 2 aromatic carbocycles. The van der Waals surface area contributed by atoms with Crippen LogP contribution < -0.4 is 15.2 Å². The summed E-state index contributed by atoms with van der Waals surface area (Å²) in [5, 5.41) is 13.7. The molecule has 8 heteroatoms. The van der Waals surface area contributed by atoms with E-state index < -0.39 is 0 Å². The molecule has 170 valence electrons. The number of pyridine rings is 1. The number of nitrogens with zero attached hydrogens (tertiary/aromatic N) is 4. The minimum atomic E-state index is -0.239. The van der Waals surface area contributed by atoms with Crippen molar-refractivity contribution in [3.63, 3.8) is 0 Å². The van der Waals surface area contributed by atoms with Gasteiger partial charge >= 0.3 is 0 Å². The summed E-state index contributed by atoms with van der Waals surface area (Å²) < 4.78 is 7.17. The van der Waals surface area contributed by atoms with Gasteiger partial charge in [0, 0.05) is 6.07 Å². The molecule has 1 saturated heterocycles. The molecule has 0 aliphatic carbocycles. The molecule has 4 aromatic rings. The molecular weight excluding hydrogens is 416 g/mol. The highest BCUT2D eigenvalue weighted by molar-refractivity contribution is 5.80. The van der Waals surface area contributed by atoms with Gasteiger partial charge in [0.05, 0.1) is 37.8 Å². The Labute approximate surface area is 192 Å². The molecular formula is C25H29N6O2+. The second kappa shape index (κ2) is 9.54. The zero-order chi connectivity index (χ0) is 22.6. The van der Waals surface area contributed by atoms with Crippen LogP contribution in [-0.4, -0.2) is 45.4 Å². The van der Waals surface area contributed by atoms with Crippen LogP contribution in [0.4, 0.5) is 0 Å². The summed E-state index contributed by atoms with van der Waals surface area (Å²) in [6, 6.07) is 17.7. The fourth-order valence-electron chi connectivity index (χ4n) is 4.84. The molecule has 0 bridgehead atoms. The van der Waals surface area contributed by atoms with Crippen LogP contribution in [-0.2, 0) is 6.54 Å². The van der Waals surface area contributed by atoms with E-state index in [2.05, 4.69) is 32.6 Å². The first-order valence-corrected chi connectivity index (χ1v) is 11.6. The van der Waals surface area contributed by atoms with Crippen molar-refractivity contribution in [2.75, 3.05) is 20.2 Å². The van der Waals surface area contributed by atoms with Crippen LogP contribution in [0.25, 0.3) is 10.9 Å². The minimum absolute atomic E-state index is 0.105. The number of aromatic nitrogens is 5. The largest absolute Gasteiger partial charge is 0.497 e. The van der Waals surface area contributed by atoms with Gasteiger partial charge in [-0.25, -0.2) is 4.68 Å². The number of H-pyrrole nitrogens is 1. The van der Waals surface area contributed by atoms with Crippen LogP contribution in [0.2, 0.25) is 0 Å². The van der Waals surface area contributed by atoms with E-state index in [1.54, 1.807) is 7.11 Å². The lowest BCUT2D eigenvalue weighted by atomic mass is 10.0. The molecule has 1 aliphatic heterocycles. The number of aromatic amines is 1. The van der Waals surface area contributed by atoms with Gasteiger partial charge in [-0.2, -0.15) is 0 Å². The Morgan fingerprint density at radius 3 is 2.61 bits per heavy atom. The third-order valence-electron chi connectivity index (χ3n) is 6.54. The Bertz CT molecular complexity index is 1280. The molecule has 0 radical (unpaired) electrons. The number of benzene rings is 2. The Kier molecular flexibility index (Phi) is 6.17. The van der Waals surface area contributed by atoms with Crippen molar-refractivity contribution in [1.29, 1.82) is 0 Å². The van der Waals surface area contributed by atoms with E-state index in [9.17, 15) is 4.79 Å². The maximum Gasteiger partial charge on any atom is 0.258 e. The van der Waals surface area contributed by atoms with Crippen molar-refractivity contribution in [1.82, 2.24) is 25.2 Å². The Hall–Kier alpha value is -3.52. The van der Waals surface area contributed by atoms with Gasteiger partial charge in [0.1, 0.15) is 5.75 Å². The van der Waals surface area contributed by atoms with Gasteiger partial charge in [0.25, 0.3) is 5.56 Å². The van der Waals surface area contributed by atoms with Crippen molar-refractivity contribution >= 4 is 10.9 Å². The second-order valence-electron chi connectivity index (χ2n) is 8.69. The van der Waals surface area contributed by atoms with Crippen molar-refractivity contribution in [3.05, 3.63) is 81.9 Å². The molecule has 1 atom stereocenters. The predicted molar refractivity (Wildman–Crippen MR) is 125 cm³/mol. The molecule has 8 nitrogen and oxygen atoms in total. The predicted octanol–water partition coefficient (Wildman–Crippen LogP) is 2.12. The molecule has 33 heavy (non-hydrogen) atoms. The Morgan fingerprint density at radius 2 is 1.85 bits per heavy atom. The van der Waals surface area contributed by atoms with E-state index >= 15 is 0 Å². The van der Waals surface area contributed by atoms with E-state index in [-0.39, 0.29) is 11.6 Å². The number of likely N-dealkylation sites (tertiary alicyclic amines) is 1. The van der Waals surface area contributed by atoms with Gasteiger partial charge in [-0.3, -0.25) is 4.79 Å². The maximum atomic E-state index is 13.4. The highest BCUT2D eigenvalue weighted by Gasteiger charge is 2.34. The number of nitrogens with one attached hydrogen (secondary N) is 2. The van der Waals surface area contributed by atoms with Gasteiger partial charge < -0.3 is 14.6 Å². The lowest BCUT2D eigenvalue weighted by molar-refractivity contribution is -0.925. The number of hydrogen-bond acceptors (Lipinski definition) is 5. The first-order valence-electron chi connectivity index (χ1n) is 11.6. The third kappa shape index (κ3) is 4.52. The van der Waals surface area contributed by atoms with Crippen LogP contribution in [0.1, 0.15) is 48.7 Å². The van der Waals surface area contributed by atoms with E-state index in [1.807, 2.05) is 47.1 Å². The first kappa shape index (κ1) is 21.3. The normalized spacial score (nSPS) is 15.9. The van der Waals surface area contributed by atoms with E-state index in [4.69, 9.17) is 4.74 Å². The molecule has 3 heterocycles. The number of fused-ring (bicyclic) bond motifs is 1. The monoisotopic (exact) mass is 445 g/mol. The molecule has 0 spiro atoms. The standard InChI is InChI=1S/C25H28N6O2/c1-33-20-12-11-19-15-21(25(32)26-22(19)16-20)23(30-13-7-2-3-8-14-30)24-27-28-29-31(24)17-18-9-5-4-6-10-18/h4-6,9-12,15-16,23H,2-3,7-8,13-14,17H2,1H3,(H,26,32)/p+1/t23-/m0/s1. The molecule has 0 saturated carbocycles. The minimum Gasteiger partial charge on any atom is -0.497 e. The second-order valence-corrected chi connectivity index (χ2v) is 8.69. The van der Waals surface area contributed by atoms with Crippen LogP contribution >= 0.6 is 0 Å². The fourth-order valence-corrected chi connectivity index (χ4v) is 4.84. The Morgan fingerprint density at radius 1 is 1.06 bits per heavy atom. The van der Waals surface area contributed by atoms with E-state index in [0.717, 1.165) is 48.2 Å². The molecule has 2 N–H and O–H groups in total. The summed E-state index contributed by atoms with van der Waals surface area (Å²) in [7, 11) is 1.62. The van der Waals surface area contributed by atoms with Crippen LogP contribution in [0.15, 0.2) is 59.4 Å². The highest BCUT2D eigenvalue weighted by atomic mass is 16.5. The Balaban J connectivity index is 1.61. The fraction of sp³-hybridized carbons (Fsp3) is 0.360. The molecule has 0 unspecified atom stereocenters. The molecule has 0 amide bonds. The lowest BCUT2D eigenvalue weighted by Gasteiger charge is -2.26. The summed E-state index contributed by atoms with van der Waals surface area (Å²) in [6.45, 7) is 2.54. The SMILES string of the molecule is COc1ccc2cc([C@@H](c3nnnn3Cc3ccccc3)[NH+]3CCCCCC3)c(=O)[nH]c2c1. The zero-order valence-electron chi connectivity index (χ0n) is 18.8. The summed E-state index contributed by atoms with van der Waals surface area (Å²) >= 11 is 0. The quantitative estimate of drug-likeness (QED) is 0.475. The van der Waals surface area contributed by atoms with Crippen LogP contribution in [0, 0.1) is 0 Å². The maximum absolute atomic E-state index is 13.4. The van der Waals surface area contributed by atoms with Gasteiger partial charge in [0.15, 0.2) is 6.04 Å². The number of rotatable bonds is 6. The van der Waals surface area contributed by atoms with E-state index in [1.165, 1.54) is 17.7 Å². The van der Waals surface area contributed by atoms with Gasteiger partial charge in [-0.1, -0.05) is 30.3 Å². The molecule has 1 aliphatic rings. The summed E-state index contributed by atoms with van der Waals surface area (Å²) in [5.41, 5.74) is 2.48. The zero-order valence-corrected chi connectivity index (χ0v) is 18.8. The first-order chi connectivity index (χ1) is 16.2. The van der Waals surface area contributed by atoms with Gasteiger partial charge in [-0.05, 0) is 65.3 Å². The third-order valence-corrected chi connectivity index (χ3v) is 6.54. The number of ether oxygens (including phenoxy) is 1. The summed E-state index contributed by atoms with van der Waals surface area (Å²) in [6.07, 6.45) is 4.71. The van der Waals surface area contributed by atoms with Gasteiger partial charge in [0.2, 0.25) is 5.82 Å². The highest BCUT2D eigenvalue weighted by Crippen LogP contribution is 2.22. The van der Waals surface area contributed by atoms with Crippen LogP contribution in [0.3, 0.4) is 0 Å². The average Bonchev–Trinajstić information content (AvgIpc) is 3.11. The number of quaternary nitrogens is 1. The lowest BCUT2D eigenvalue weighted by Crippen LogP contribution is -3.12. The van der Waals surface area contributed by atoms with Crippen LogP contribution in [0.5, 0.6) is 5.75 Å².